The highest BCUT2D eigenvalue weighted by Crippen LogP contribution is 2.95. The van der Waals surface area contributed by atoms with Gasteiger partial charge in [-0.15, -0.1) is 0 Å². The van der Waals surface area contributed by atoms with Gasteiger partial charge in [0.1, 0.15) is 0 Å². The third-order valence-electron chi connectivity index (χ3n) is 8.40. The molecule has 0 aliphatic carbocycles. The number of hydrogen-bond acceptors (Lipinski definition) is 4. The first-order valence-corrected chi connectivity index (χ1v) is 13.7. The third-order valence-corrected chi connectivity index (χ3v) is 13.9. The first-order chi connectivity index (χ1) is 14.7. The van der Waals surface area contributed by atoms with Crippen molar-refractivity contribution in [3.63, 3.8) is 0 Å². The van der Waals surface area contributed by atoms with E-state index in [4.69, 9.17) is 9.99 Å². The highest BCUT2D eigenvalue weighted by Gasteiger charge is 2.60. The van der Waals surface area contributed by atoms with Gasteiger partial charge in [0.2, 0.25) is 0 Å². The molecule has 5 heteroatoms. The Balaban J connectivity index is 1.34. The smallest absolute Gasteiger partial charge is 0.160 e. The van der Waals surface area contributed by atoms with Crippen molar-refractivity contribution in [2.45, 2.75) is 41.1 Å². The number of oxime groups is 1. The van der Waals surface area contributed by atoms with E-state index in [1.165, 1.54) is 47.1 Å². The molecule has 2 bridgehead atoms. The van der Waals surface area contributed by atoms with E-state index >= 15 is 0 Å². The lowest BCUT2D eigenvalue weighted by Crippen LogP contribution is -2.59. The average Bonchev–Trinajstić information content (AvgIpc) is 3.44. The number of amidine groups is 1. The molecule has 6 aliphatic rings. The summed E-state index contributed by atoms with van der Waals surface area (Å²) >= 11 is 0. The fourth-order valence-corrected chi connectivity index (χ4v) is 12.5. The Morgan fingerprint density at radius 3 is 2.43 bits per heavy atom. The Morgan fingerprint density at radius 1 is 0.933 bits per heavy atom. The molecule has 0 radical (unpaired) electrons. The molecule has 0 unspecified atom stereocenters. The van der Waals surface area contributed by atoms with Crippen LogP contribution in [0.3, 0.4) is 0 Å². The second-order valence-corrected chi connectivity index (χ2v) is 14.2. The Hall–Kier alpha value is -2.24. The number of piperidine rings is 3. The zero-order valence-electron chi connectivity index (χ0n) is 17.3. The molecule has 3 fully saturated rings. The predicted molar refractivity (Wildman–Crippen MR) is 123 cm³/mol. The molecule has 1 atom stereocenters. The molecule has 2 aromatic rings. The summed E-state index contributed by atoms with van der Waals surface area (Å²) in [6.07, 6.45) is 4.55. The number of fused-ring (bicyclic) bond motifs is 4. The molecule has 8 rings (SSSR count). The summed E-state index contributed by atoms with van der Waals surface area (Å²) in [5, 5.41) is 9.88. The van der Waals surface area contributed by atoms with Crippen molar-refractivity contribution in [3.8, 4) is 0 Å². The summed E-state index contributed by atoms with van der Waals surface area (Å²) in [4.78, 5) is 11.9. The van der Waals surface area contributed by atoms with Crippen molar-refractivity contribution >= 4 is 15.2 Å². The minimum Gasteiger partial charge on any atom is -0.386 e. The normalized spacial score (nSPS) is 35.4. The SMILES string of the molecule is C1=C[SH]12(c1ccccc1)c1ccccc1CCN2C1=NO[C@@]2(C1)CN1CCC2CC1. The van der Waals surface area contributed by atoms with E-state index in [-0.39, 0.29) is 5.60 Å². The van der Waals surface area contributed by atoms with Gasteiger partial charge in [0, 0.05) is 23.9 Å². The quantitative estimate of drug-likeness (QED) is 0.683. The molecule has 0 aromatic heterocycles. The van der Waals surface area contributed by atoms with Crippen LogP contribution >= 0.6 is 9.35 Å². The summed E-state index contributed by atoms with van der Waals surface area (Å²) < 4.78 is 2.69. The number of rotatable bonds is 1. The van der Waals surface area contributed by atoms with Crippen molar-refractivity contribution in [3.05, 3.63) is 71.0 Å². The summed E-state index contributed by atoms with van der Waals surface area (Å²) in [5.74, 6) is 1.84. The Labute approximate surface area is 178 Å². The van der Waals surface area contributed by atoms with Crippen molar-refractivity contribution in [2.75, 3.05) is 26.2 Å². The van der Waals surface area contributed by atoms with Gasteiger partial charge in [-0.2, -0.15) is 9.35 Å². The highest BCUT2D eigenvalue weighted by atomic mass is 32.3. The molecule has 30 heavy (non-hydrogen) atoms. The zero-order chi connectivity index (χ0) is 19.8. The number of nitrogens with zero attached hydrogens (tertiary/aromatic N) is 3. The molecule has 0 amide bonds. The number of benzene rings is 2. The first-order valence-electron chi connectivity index (χ1n) is 11.4. The second-order valence-electron chi connectivity index (χ2n) is 9.73. The van der Waals surface area contributed by atoms with Crippen LogP contribution < -0.4 is 0 Å². The molecule has 0 saturated carbocycles. The minimum atomic E-state index is -2.63. The fourth-order valence-electron chi connectivity index (χ4n) is 6.78. The van der Waals surface area contributed by atoms with Crippen molar-refractivity contribution < 1.29 is 4.84 Å². The van der Waals surface area contributed by atoms with Gasteiger partial charge in [0.15, 0.2) is 11.4 Å². The van der Waals surface area contributed by atoms with Crippen LogP contribution in [0.2, 0.25) is 0 Å². The second kappa shape index (κ2) is 5.71. The van der Waals surface area contributed by atoms with E-state index in [1.54, 1.807) is 0 Å². The minimum absolute atomic E-state index is 0.0934. The third kappa shape index (κ3) is 2.00. The molecule has 4 nitrogen and oxygen atoms in total. The molecule has 6 heterocycles. The van der Waals surface area contributed by atoms with Gasteiger partial charge in [0.05, 0.1) is 6.42 Å². The maximum Gasteiger partial charge on any atom is 0.160 e. The predicted octanol–water partition coefficient (Wildman–Crippen LogP) is 4.63. The van der Waals surface area contributed by atoms with Gasteiger partial charge in [-0.3, -0.25) is 4.90 Å². The lowest BCUT2D eigenvalue weighted by molar-refractivity contribution is -0.136. The van der Waals surface area contributed by atoms with E-state index < -0.39 is 9.35 Å². The monoisotopic (exact) mass is 419 g/mol. The highest BCUT2D eigenvalue weighted by molar-refractivity contribution is 8.57. The summed E-state index contributed by atoms with van der Waals surface area (Å²) in [6.45, 7) is 4.52. The van der Waals surface area contributed by atoms with Gasteiger partial charge in [0.25, 0.3) is 0 Å². The molecule has 2 spiro atoms. The summed E-state index contributed by atoms with van der Waals surface area (Å²) in [7, 11) is -2.63. The lowest BCUT2D eigenvalue weighted by Gasteiger charge is -2.60. The molecular weight excluding hydrogens is 390 g/mol. The molecule has 2 aromatic carbocycles. The van der Waals surface area contributed by atoms with E-state index in [0.717, 1.165) is 25.9 Å². The number of thiol groups is 1. The van der Waals surface area contributed by atoms with Crippen LogP contribution in [-0.4, -0.2) is 46.8 Å². The van der Waals surface area contributed by atoms with E-state index in [0.29, 0.717) is 5.92 Å². The molecular formula is C25H29N3OS. The summed E-state index contributed by atoms with van der Waals surface area (Å²) in [6, 6.07) is 20.2. The van der Waals surface area contributed by atoms with Crippen LogP contribution in [0.4, 0.5) is 0 Å². The Bertz CT molecular complexity index is 1080. The molecule has 0 N–H and O–H groups in total. The fraction of sp³-hybridized carbons (Fsp3) is 0.400. The standard InChI is InChI=1S/C25H29N3OS/c1-2-7-22(8-3-1)30(16-17-30)23-9-5-4-6-20(23)10-15-28(30)24-18-25(29-26-24)19-27-13-11-21(25)12-14-27/h1-9,16-17,21,30H,10-15,18-19H2/t25-/m0/s1. The van der Waals surface area contributed by atoms with Gasteiger partial charge < -0.3 is 9.14 Å². The molecule has 156 valence electrons. The summed E-state index contributed by atoms with van der Waals surface area (Å²) in [5.41, 5.74) is 1.40. The Kier molecular flexibility index (Phi) is 3.32. The maximum absolute atomic E-state index is 6.37. The largest absolute Gasteiger partial charge is 0.386 e. The van der Waals surface area contributed by atoms with Crippen LogP contribution in [-0.2, 0) is 11.3 Å². The Morgan fingerprint density at radius 2 is 1.70 bits per heavy atom. The topological polar surface area (TPSA) is 28.1 Å². The van der Waals surface area contributed by atoms with E-state index in [2.05, 4.69) is 74.6 Å². The van der Waals surface area contributed by atoms with Gasteiger partial charge in [-0.05, 0) is 71.8 Å². The molecule has 3 saturated heterocycles. The maximum atomic E-state index is 6.37. The number of hydrogen-bond donors (Lipinski definition) is 1. The van der Waals surface area contributed by atoms with Crippen LogP contribution in [0.1, 0.15) is 24.8 Å². The van der Waals surface area contributed by atoms with Gasteiger partial charge in [-0.1, -0.05) is 41.6 Å². The first kappa shape index (κ1) is 17.4. The molecule has 6 aliphatic heterocycles. The van der Waals surface area contributed by atoms with Crippen molar-refractivity contribution in [1.29, 1.82) is 0 Å². The van der Waals surface area contributed by atoms with Crippen LogP contribution in [0, 0.1) is 5.92 Å². The van der Waals surface area contributed by atoms with Crippen LogP contribution in [0.25, 0.3) is 0 Å². The zero-order valence-corrected chi connectivity index (χ0v) is 18.2. The van der Waals surface area contributed by atoms with E-state index in [9.17, 15) is 0 Å². The van der Waals surface area contributed by atoms with Crippen molar-refractivity contribution in [1.82, 2.24) is 9.21 Å². The van der Waals surface area contributed by atoms with Gasteiger partial charge >= 0.3 is 0 Å². The van der Waals surface area contributed by atoms with Crippen molar-refractivity contribution in [2.24, 2.45) is 11.1 Å². The lowest BCUT2D eigenvalue weighted by atomic mass is 9.73. The van der Waals surface area contributed by atoms with Crippen LogP contribution in [0.15, 0.2) is 80.4 Å². The van der Waals surface area contributed by atoms with Gasteiger partial charge in [-0.25, -0.2) is 0 Å². The average molecular weight is 420 g/mol. The van der Waals surface area contributed by atoms with Crippen LogP contribution in [0.5, 0.6) is 0 Å². The van der Waals surface area contributed by atoms with E-state index in [1.807, 2.05) is 0 Å².